The first-order valence-corrected chi connectivity index (χ1v) is 2.85. The van der Waals surface area contributed by atoms with Crippen molar-refractivity contribution in [1.82, 2.24) is 0 Å². The Hall–Kier alpha value is -0.720. The quantitative estimate of drug-likeness (QED) is 0.512. The third-order valence-electron chi connectivity index (χ3n) is 1.44. The van der Waals surface area contributed by atoms with Gasteiger partial charge < -0.3 is 5.11 Å². The first-order chi connectivity index (χ1) is 3.83. The maximum Gasteiger partial charge on any atom is 0.0889 e. The number of aliphatic hydroxyl groups is 1. The third-order valence-corrected chi connectivity index (χ3v) is 1.44. The van der Waals surface area contributed by atoms with Crippen LogP contribution in [0.2, 0.25) is 0 Å². The molecule has 1 heteroatoms. The number of hydrogen-bond donors (Lipinski definition) is 1. The van der Waals surface area contributed by atoms with Gasteiger partial charge in [0, 0.05) is 6.42 Å². The molecule has 0 spiro atoms. The molecule has 0 aromatic heterocycles. The zero-order chi connectivity index (χ0) is 5.98. The molecule has 1 atom stereocenters. The average molecular weight is 110 g/mol. The summed E-state index contributed by atoms with van der Waals surface area (Å²) in [5.74, 6) is 0.949. The molecule has 0 saturated heterocycles. The molecule has 0 radical (unpaired) electrons. The molecule has 1 aliphatic rings. The molecule has 44 valence electrons. The summed E-state index contributed by atoms with van der Waals surface area (Å²) in [5.41, 5.74) is 0. The molecular formula is C7H10O. The lowest BCUT2D eigenvalue weighted by molar-refractivity contribution is 0.397. The van der Waals surface area contributed by atoms with E-state index in [0.717, 1.165) is 12.8 Å². The van der Waals surface area contributed by atoms with E-state index >= 15 is 0 Å². The Kier molecular flexibility index (Phi) is 1.38. The van der Waals surface area contributed by atoms with Crippen LogP contribution in [0.4, 0.5) is 0 Å². The number of rotatable bonds is 1. The van der Waals surface area contributed by atoms with Crippen molar-refractivity contribution in [3.05, 3.63) is 24.5 Å². The van der Waals surface area contributed by atoms with Crippen molar-refractivity contribution >= 4 is 0 Å². The van der Waals surface area contributed by atoms with Crippen LogP contribution in [0.15, 0.2) is 24.5 Å². The Labute approximate surface area is 49.3 Å². The van der Waals surface area contributed by atoms with Gasteiger partial charge in [0.25, 0.3) is 0 Å². The van der Waals surface area contributed by atoms with E-state index in [2.05, 4.69) is 6.58 Å². The van der Waals surface area contributed by atoms with Crippen LogP contribution in [0, 0.1) is 5.92 Å². The van der Waals surface area contributed by atoms with Gasteiger partial charge in [0.1, 0.15) is 0 Å². The Morgan fingerprint density at radius 1 is 1.88 bits per heavy atom. The summed E-state index contributed by atoms with van der Waals surface area (Å²) in [7, 11) is 0. The fraction of sp³-hybridized carbons (Fsp3) is 0.429. The molecule has 0 saturated carbocycles. The first-order valence-electron chi connectivity index (χ1n) is 2.85. The summed E-state index contributed by atoms with van der Waals surface area (Å²) < 4.78 is 0. The van der Waals surface area contributed by atoms with Gasteiger partial charge in [-0.2, -0.15) is 0 Å². The minimum atomic E-state index is 0.426. The highest BCUT2D eigenvalue weighted by Gasteiger charge is 2.10. The van der Waals surface area contributed by atoms with E-state index in [1.165, 1.54) is 0 Å². The summed E-state index contributed by atoms with van der Waals surface area (Å²) in [6, 6.07) is 0. The van der Waals surface area contributed by atoms with Crippen LogP contribution in [0.1, 0.15) is 12.8 Å². The second-order valence-electron chi connectivity index (χ2n) is 2.10. The van der Waals surface area contributed by atoms with Crippen molar-refractivity contribution in [3.63, 3.8) is 0 Å². The SMILES string of the molecule is C=CC1C=C(O)CC1. The van der Waals surface area contributed by atoms with Gasteiger partial charge in [-0.05, 0) is 18.4 Å². The minimum absolute atomic E-state index is 0.426. The molecule has 1 N–H and O–H groups in total. The lowest BCUT2D eigenvalue weighted by Crippen LogP contribution is -1.80. The van der Waals surface area contributed by atoms with Crippen molar-refractivity contribution in [2.45, 2.75) is 12.8 Å². The lowest BCUT2D eigenvalue weighted by atomic mass is 10.1. The fourth-order valence-electron chi connectivity index (χ4n) is 0.914. The predicted octanol–water partition coefficient (Wildman–Crippen LogP) is 2.02. The molecule has 0 aromatic carbocycles. The predicted molar refractivity (Wildman–Crippen MR) is 33.6 cm³/mol. The van der Waals surface area contributed by atoms with E-state index in [-0.39, 0.29) is 0 Å². The second-order valence-corrected chi connectivity index (χ2v) is 2.10. The molecule has 0 aliphatic heterocycles. The maximum absolute atomic E-state index is 8.84. The second kappa shape index (κ2) is 2.03. The van der Waals surface area contributed by atoms with E-state index in [4.69, 9.17) is 5.11 Å². The van der Waals surface area contributed by atoms with Crippen molar-refractivity contribution in [1.29, 1.82) is 0 Å². The molecule has 0 amide bonds. The van der Waals surface area contributed by atoms with Crippen LogP contribution in [0.3, 0.4) is 0 Å². The van der Waals surface area contributed by atoms with Crippen LogP contribution in [-0.4, -0.2) is 5.11 Å². The summed E-state index contributed by atoms with van der Waals surface area (Å²) in [4.78, 5) is 0. The topological polar surface area (TPSA) is 20.2 Å². The molecule has 0 heterocycles. The number of allylic oxidation sites excluding steroid dienone is 3. The smallest absolute Gasteiger partial charge is 0.0889 e. The van der Waals surface area contributed by atoms with Gasteiger partial charge in [-0.3, -0.25) is 0 Å². The third kappa shape index (κ3) is 0.915. The molecular weight excluding hydrogens is 100 g/mol. The largest absolute Gasteiger partial charge is 0.513 e. The van der Waals surface area contributed by atoms with Crippen LogP contribution in [0.5, 0.6) is 0 Å². The zero-order valence-electron chi connectivity index (χ0n) is 4.80. The Bertz CT molecular complexity index is 124. The van der Waals surface area contributed by atoms with E-state index in [1.54, 1.807) is 0 Å². The molecule has 0 aromatic rings. The van der Waals surface area contributed by atoms with Gasteiger partial charge in [-0.25, -0.2) is 0 Å². The Balaban J connectivity index is 2.53. The highest BCUT2D eigenvalue weighted by atomic mass is 16.3. The van der Waals surface area contributed by atoms with Crippen molar-refractivity contribution in [2.24, 2.45) is 5.92 Å². The molecule has 1 rings (SSSR count). The van der Waals surface area contributed by atoms with Crippen LogP contribution in [-0.2, 0) is 0 Å². The lowest BCUT2D eigenvalue weighted by Gasteiger charge is -1.91. The Morgan fingerprint density at radius 3 is 2.88 bits per heavy atom. The summed E-state index contributed by atoms with van der Waals surface area (Å²) in [6.45, 7) is 3.62. The molecule has 8 heavy (non-hydrogen) atoms. The normalized spacial score (nSPS) is 27.5. The standard InChI is InChI=1S/C7H10O/c1-2-6-3-4-7(8)5-6/h2,5-6,8H,1,3-4H2. The maximum atomic E-state index is 8.84. The highest BCUT2D eigenvalue weighted by Crippen LogP contribution is 2.21. The van der Waals surface area contributed by atoms with Gasteiger partial charge in [-0.1, -0.05) is 6.08 Å². The van der Waals surface area contributed by atoms with E-state index in [1.807, 2.05) is 12.2 Å². The van der Waals surface area contributed by atoms with Gasteiger partial charge in [-0.15, -0.1) is 6.58 Å². The molecule has 1 aliphatic carbocycles. The van der Waals surface area contributed by atoms with Crippen molar-refractivity contribution in [2.75, 3.05) is 0 Å². The van der Waals surface area contributed by atoms with Gasteiger partial charge in [0.2, 0.25) is 0 Å². The minimum Gasteiger partial charge on any atom is -0.513 e. The molecule has 0 fully saturated rings. The van der Waals surface area contributed by atoms with E-state index in [0.29, 0.717) is 11.7 Å². The summed E-state index contributed by atoms with van der Waals surface area (Å²) in [5, 5.41) is 8.84. The first kappa shape index (κ1) is 5.42. The van der Waals surface area contributed by atoms with Gasteiger partial charge in [0.15, 0.2) is 0 Å². The van der Waals surface area contributed by atoms with E-state index in [9.17, 15) is 0 Å². The molecule has 1 unspecified atom stereocenters. The number of aliphatic hydroxyl groups excluding tert-OH is 1. The monoisotopic (exact) mass is 110 g/mol. The van der Waals surface area contributed by atoms with Crippen LogP contribution < -0.4 is 0 Å². The average Bonchev–Trinajstić information content (AvgIpc) is 2.14. The molecule has 0 bridgehead atoms. The van der Waals surface area contributed by atoms with E-state index < -0.39 is 0 Å². The van der Waals surface area contributed by atoms with Gasteiger partial charge in [0.05, 0.1) is 5.76 Å². The van der Waals surface area contributed by atoms with Crippen molar-refractivity contribution < 1.29 is 5.11 Å². The summed E-state index contributed by atoms with van der Waals surface area (Å²) in [6.07, 6.45) is 5.59. The fourth-order valence-corrected chi connectivity index (χ4v) is 0.914. The highest BCUT2D eigenvalue weighted by molar-refractivity contribution is 5.08. The van der Waals surface area contributed by atoms with Crippen molar-refractivity contribution in [3.8, 4) is 0 Å². The van der Waals surface area contributed by atoms with Crippen LogP contribution >= 0.6 is 0 Å². The molecule has 1 nitrogen and oxygen atoms in total. The summed E-state index contributed by atoms with van der Waals surface area (Å²) >= 11 is 0. The zero-order valence-corrected chi connectivity index (χ0v) is 4.80. The Morgan fingerprint density at radius 2 is 2.62 bits per heavy atom. The number of hydrogen-bond acceptors (Lipinski definition) is 1. The van der Waals surface area contributed by atoms with Crippen LogP contribution in [0.25, 0.3) is 0 Å². The van der Waals surface area contributed by atoms with Gasteiger partial charge >= 0.3 is 0 Å².